The molecule has 0 N–H and O–H groups in total. The van der Waals surface area contributed by atoms with Gasteiger partial charge in [0.1, 0.15) is 11.7 Å². The molecule has 0 aromatic rings. The maximum absolute atomic E-state index is 12.4. The van der Waals surface area contributed by atoms with E-state index in [0.29, 0.717) is 6.42 Å². The fourth-order valence-electron chi connectivity index (χ4n) is 3.72. The molecular weight excluding hydrogens is 220 g/mol. The van der Waals surface area contributed by atoms with Crippen molar-refractivity contribution in [3.05, 3.63) is 11.6 Å². The number of esters is 1. The highest BCUT2D eigenvalue weighted by Gasteiger charge is 2.61. The molecule has 3 atom stereocenters. The minimum Gasteiger partial charge on any atom is -0.466 e. The highest BCUT2D eigenvalue weighted by Crippen LogP contribution is 2.57. The maximum Gasteiger partial charge on any atom is 0.334 e. The Labute approximate surface area is 99.0 Å². The first-order valence-corrected chi connectivity index (χ1v) is 5.98. The summed E-state index contributed by atoms with van der Waals surface area (Å²) in [5, 5.41) is 0. The normalized spacial score (nSPS) is 39.0. The van der Waals surface area contributed by atoms with Gasteiger partial charge in [-0.15, -0.1) is 0 Å². The van der Waals surface area contributed by atoms with Gasteiger partial charge in [0.05, 0.1) is 18.1 Å². The molecule has 0 aromatic carbocycles. The summed E-state index contributed by atoms with van der Waals surface area (Å²) in [5.74, 6) is -1.41. The van der Waals surface area contributed by atoms with Crippen LogP contribution >= 0.6 is 0 Å². The van der Waals surface area contributed by atoms with Crippen LogP contribution in [0.2, 0.25) is 0 Å². The first kappa shape index (κ1) is 10.7. The number of methoxy groups -OCH3 is 1. The molecular formula is C13H14O4. The lowest BCUT2D eigenvalue weighted by Gasteiger charge is -2.32. The molecule has 0 aromatic heterocycles. The number of fused-ring (bicyclic) bond motifs is 1. The van der Waals surface area contributed by atoms with E-state index in [-0.39, 0.29) is 23.1 Å². The van der Waals surface area contributed by atoms with Crippen molar-refractivity contribution in [1.82, 2.24) is 0 Å². The molecule has 90 valence electrons. The molecule has 0 amide bonds. The maximum atomic E-state index is 12.4. The van der Waals surface area contributed by atoms with Crippen molar-refractivity contribution in [3.63, 3.8) is 0 Å². The Kier molecular flexibility index (Phi) is 2.06. The number of ether oxygens (including phenoxy) is 1. The third-order valence-corrected chi connectivity index (χ3v) is 4.51. The van der Waals surface area contributed by atoms with Gasteiger partial charge < -0.3 is 4.74 Å². The number of carbonyl (C=O) groups is 3. The van der Waals surface area contributed by atoms with Crippen molar-refractivity contribution in [2.24, 2.45) is 17.3 Å². The first-order valence-electron chi connectivity index (χ1n) is 5.98. The fraction of sp³-hybridized carbons (Fsp3) is 0.615. The van der Waals surface area contributed by atoms with Gasteiger partial charge in [-0.2, -0.15) is 0 Å². The zero-order chi connectivity index (χ0) is 12.2. The largest absolute Gasteiger partial charge is 0.466 e. The van der Waals surface area contributed by atoms with Crippen molar-refractivity contribution >= 4 is 17.5 Å². The van der Waals surface area contributed by atoms with E-state index >= 15 is 0 Å². The summed E-state index contributed by atoms with van der Waals surface area (Å²) in [6.07, 6.45) is 4.83. The quantitative estimate of drug-likeness (QED) is 0.502. The molecule has 3 aliphatic carbocycles. The Balaban J connectivity index is 2.12. The van der Waals surface area contributed by atoms with Crippen LogP contribution in [-0.4, -0.2) is 24.6 Å². The van der Waals surface area contributed by atoms with Crippen LogP contribution in [-0.2, 0) is 19.1 Å². The molecule has 4 nitrogen and oxygen atoms in total. The van der Waals surface area contributed by atoms with Crippen molar-refractivity contribution in [2.75, 3.05) is 7.11 Å². The molecule has 3 aliphatic rings. The molecule has 2 fully saturated rings. The van der Waals surface area contributed by atoms with Gasteiger partial charge in [-0.3, -0.25) is 9.59 Å². The number of hydrogen-bond donors (Lipinski definition) is 0. The SMILES string of the molecule is COC(=O)C1=C[C@@]23CCC[C@@H]2CC(=O)[C@@H]1C3=O. The van der Waals surface area contributed by atoms with Gasteiger partial charge in [0.25, 0.3) is 0 Å². The van der Waals surface area contributed by atoms with Crippen molar-refractivity contribution in [1.29, 1.82) is 0 Å². The van der Waals surface area contributed by atoms with Crippen LogP contribution in [0.25, 0.3) is 0 Å². The van der Waals surface area contributed by atoms with Crippen LogP contribution in [0.5, 0.6) is 0 Å². The third-order valence-electron chi connectivity index (χ3n) is 4.51. The van der Waals surface area contributed by atoms with Gasteiger partial charge in [0.2, 0.25) is 0 Å². The van der Waals surface area contributed by atoms with Gasteiger partial charge in [-0.05, 0) is 18.8 Å². The lowest BCUT2D eigenvalue weighted by atomic mass is 9.67. The summed E-state index contributed by atoms with van der Waals surface area (Å²) in [4.78, 5) is 36.0. The number of Topliss-reactive ketones (excluding diaryl/α,β-unsaturated/α-hetero) is 2. The Morgan fingerprint density at radius 1 is 1.47 bits per heavy atom. The van der Waals surface area contributed by atoms with Gasteiger partial charge in [0, 0.05) is 6.42 Å². The Bertz CT molecular complexity index is 462. The number of rotatable bonds is 1. The molecule has 0 saturated heterocycles. The summed E-state index contributed by atoms with van der Waals surface area (Å²) in [6, 6.07) is 0. The van der Waals surface area contributed by atoms with Crippen LogP contribution in [0, 0.1) is 17.3 Å². The molecule has 0 heterocycles. The summed E-state index contributed by atoms with van der Waals surface area (Å²) in [7, 11) is 1.28. The predicted octanol–water partition coefficient (Wildman–Crippen LogP) is 1.04. The summed E-state index contributed by atoms with van der Waals surface area (Å²) >= 11 is 0. The topological polar surface area (TPSA) is 60.4 Å². The van der Waals surface area contributed by atoms with Gasteiger partial charge in [-0.1, -0.05) is 12.5 Å². The van der Waals surface area contributed by atoms with Crippen molar-refractivity contribution in [2.45, 2.75) is 25.7 Å². The highest BCUT2D eigenvalue weighted by atomic mass is 16.5. The van der Waals surface area contributed by atoms with Crippen molar-refractivity contribution < 1.29 is 19.1 Å². The van der Waals surface area contributed by atoms with E-state index < -0.39 is 17.3 Å². The molecule has 2 saturated carbocycles. The van der Waals surface area contributed by atoms with Gasteiger partial charge >= 0.3 is 5.97 Å². The minimum atomic E-state index is -0.836. The van der Waals surface area contributed by atoms with E-state index in [1.807, 2.05) is 0 Å². The van der Waals surface area contributed by atoms with Crippen molar-refractivity contribution in [3.8, 4) is 0 Å². The predicted molar refractivity (Wildman–Crippen MR) is 58.0 cm³/mol. The van der Waals surface area contributed by atoms with Crippen LogP contribution in [0.4, 0.5) is 0 Å². The third kappa shape index (κ3) is 1.15. The number of hydrogen-bond acceptors (Lipinski definition) is 4. The molecule has 4 heteroatoms. The Morgan fingerprint density at radius 2 is 2.24 bits per heavy atom. The second-order valence-corrected chi connectivity index (χ2v) is 5.19. The molecule has 0 aliphatic heterocycles. The lowest BCUT2D eigenvalue weighted by molar-refractivity contribution is -0.144. The molecule has 0 radical (unpaired) electrons. The smallest absolute Gasteiger partial charge is 0.334 e. The van der Waals surface area contributed by atoms with E-state index in [4.69, 9.17) is 0 Å². The van der Waals surface area contributed by atoms with E-state index in [1.165, 1.54) is 7.11 Å². The van der Waals surface area contributed by atoms with Crippen LogP contribution < -0.4 is 0 Å². The molecule has 1 spiro atoms. The Morgan fingerprint density at radius 3 is 2.94 bits per heavy atom. The van der Waals surface area contributed by atoms with E-state index in [2.05, 4.69) is 4.74 Å². The molecule has 2 bridgehead atoms. The van der Waals surface area contributed by atoms with E-state index in [0.717, 1.165) is 19.3 Å². The summed E-state index contributed by atoms with van der Waals surface area (Å²) in [6.45, 7) is 0. The second-order valence-electron chi connectivity index (χ2n) is 5.19. The van der Waals surface area contributed by atoms with E-state index in [1.54, 1.807) is 6.08 Å². The van der Waals surface area contributed by atoms with Crippen LogP contribution in [0.1, 0.15) is 25.7 Å². The first-order chi connectivity index (χ1) is 8.10. The average Bonchev–Trinajstić information content (AvgIpc) is 2.80. The van der Waals surface area contributed by atoms with Gasteiger partial charge in [0.15, 0.2) is 5.78 Å². The molecule has 3 rings (SSSR count). The lowest BCUT2D eigenvalue weighted by Crippen LogP contribution is -2.42. The zero-order valence-electron chi connectivity index (χ0n) is 9.69. The van der Waals surface area contributed by atoms with Crippen LogP contribution in [0.3, 0.4) is 0 Å². The van der Waals surface area contributed by atoms with Crippen LogP contribution in [0.15, 0.2) is 11.6 Å². The average molecular weight is 234 g/mol. The number of allylic oxidation sites excluding steroid dienone is 1. The molecule has 17 heavy (non-hydrogen) atoms. The second kappa shape index (κ2) is 3.28. The highest BCUT2D eigenvalue weighted by molar-refractivity contribution is 6.19. The minimum absolute atomic E-state index is 0.0587. The summed E-state index contributed by atoms with van der Waals surface area (Å²) in [5.41, 5.74) is -0.242. The standard InChI is InChI=1S/C13H14O4/c1-17-12(16)8-6-13-4-2-3-7(13)5-9(14)10(8)11(13)15/h6-7,10H,2-5H2,1H3/t7-,10-,13+/m1/s1. The monoisotopic (exact) mass is 234 g/mol. The fourth-order valence-corrected chi connectivity index (χ4v) is 3.72. The number of carbonyl (C=O) groups excluding carboxylic acids is 3. The van der Waals surface area contributed by atoms with Gasteiger partial charge in [-0.25, -0.2) is 4.79 Å². The van der Waals surface area contributed by atoms with E-state index in [9.17, 15) is 14.4 Å². The summed E-state index contributed by atoms with van der Waals surface area (Å²) < 4.78 is 4.67. The zero-order valence-corrected chi connectivity index (χ0v) is 9.69. The molecule has 0 unspecified atom stereocenters. The number of ketones is 2. The Hall–Kier alpha value is -1.45.